The standard InChI is InChI=1S/C26H30F3N5O3/c1-18-23(24(35)34(25(36)31(18)2)17-22(30)20-8-4-3-5-9-20)33-13-11-32(12-14-33)16-19-7-6-10-21(15-19)37-26(27,28)29/h3-10,15,22H,11-14,16-17,30H2,1-2H3. The third-order valence-corrected chi connectivity index (χ3v) is 6.65. The Bertz CT molecular complexity index is 1350. The van der Waals surface area contributed by atoms with Crippen molar-refractivity contribution in [2.45, 2.75) is 32.4 Å². The predicted octanol–water partition coefficient (Wildman–Crippen LogP) is 2.78. The quantitative estimate of drug-likeness (QED) is 0.519. The minimum absolute atomic E-state index is 0.0547. The largest absolute Gasteiger partial charge is 0.573 e. The van der Waals surface area contributed by atoms with Crippen LogP contribution < -0.4 is 26.6 Å². The number of benzene rings is 2. The van der Waals surface area contributed by atoms with Crippen LogP contribution in [0.5, 0.6) is 5.75 Å². The molecule has 1 unspecified atom stereocenters. The van der Waals surface area contributed by atoms with E-state index in [2.05, 4.69) is 9.64 Å². The second-order valence-electron chi connectivity index (χ2n) is 9.17. The zero-order chi connectivity index (χ0) is 26.7. The fourth-order valence-corrected chi connectivity index (χ4v) is 4.61. The molecule has 2 aromatic carbocycles. The van der Waals surface area contributed by atoms with E-state index < -0.39 is 18.1 Å². The van der Waals surface area contributed by atoms with Crippen LogP contribution in [0.25, 0.3) is 0 Å². The fraction of sp³-hybridized carbons (Fsp3) is 0.385. The molecule has 37 heavy (non-hydrogen) atoms. The lowest BCUT2D eigenvalue weighted by Gasteiger charge is -2.36. The first-order valence-electron chi connectivity index (χ1n) is 12.0. The SMILES string of the molecule is Cc1c(N2CCN(Cc3cccc(OC(F)(F)F)c3)CC2)c(=O)n(CC(N)c2ccccc2)c(=O)n1C. The molecule has 1 aliphatic heterocycles. The lowest BCUT2D eigenvalue weighted by atomic mass is 10.1. The summed E-state index contributed by atoms with van der Waals surface area (Å²) in [5.41, 5.74) is 8.09. The molecule has 0 saturated carbocycles. The van der Waals surface area contributed by atoms with E-state index in [1.54, 1.807) is 20.0 Å². The van der Waals surface area contributed by atoms with Crippen molar-refractivity contribution < 1.29 is 17.9 Å². The molecule has 0 radical (unpaired) electrons. The zero-order valence-electron chi connectivity index (χ0n) is 20.7. The Morgan fingerprint density at radius 2 is 1.68 bits per heavy atom. The molecule has 4 rings (SSSR count). The van der Waals surface area contributed by atoms with Gasteiger partial charge in [0.15, 0.2) is 0 Å². The maximum atomic E-state index is 13.5. The van der Waals surface area contributed by atoms with Crippen molar-refractivity contribution in [3.05, 3.63) is 92.3 Å². The summed E-state index contributed by atoms with van der Waals surface area (Å²) in [6.45, 7) is 4.49. The van der Waals surface area contributed by atoms with Gasteiger partial charge in [-0.3, -0.25) is 18.8 Å². The highest BCUT2D eigenvalue weighted by atomic mass is 19.4. The molecular weight excluding hydrogens is 487 g/mol. The summed E-state index contributed by atoms with van der Waals surface area (Å²) in [7, 11) is 1.64. The molecular formula is C26H30F3N5O3. The molecule has 1 atom stereocenters. The van der Waals surface area contributed by atoms with Crippen molar-refractivity contribution in [2.75, 3.05) is 31.1 Å². The fourth-order valence-electron chi connectivity index (χ4n) is 4.61. The Morgan fingerprint density at radius 3 is 2.32 bits per heavy atom. The van der Waals surface area contributed by atoms with Gasteiger partial charge in [0.25, 0.3) is 5.56 Å². The van der Waals surface area contributed by atoms with Gasteiger partial charge >= 0.3 is 12.1 Å². The highest BCUT2D eigenvalue weighted by molar-refractivity contribution is 5.49. The smallest absolute Gasteiger partial charge is 0.406 e. The Balaban J connectivity index is 1.49. The van der Waals surface area contributed by atoms with E-state index in [-0.39, 0.29) is 17.9 Å². The molecule has 2 N–H and O–H groups in total. The maximum absolute atomic E-state index is 13.5. The summed E-state index contributed by atoms with van der Waals surface area (Å²) in [5.74, 6) is -0.251. The summed E-state index contributed by atoms with van der Waals surface area (Å²) in [6.07, 6.45) is -4.74. The molecule has 8 nitrogen and oxygen atoms in total. The number of nitrogens with two attached hydrogens (primary N) is 1. The third-order valence-electron chi connectivity index (χ3n) is 6.65. The van der Waals surface area contributed by atoms with E-state index in [1.807, 2.05) is 35.2 Å². The van der Waals surface area contributed by atoms with Crippen LogP contribution in [0, 0.1) is 6.92 Å². The van der Waals surface area contributed by atoms with Crippen LogP contribution in [0.1, 0.15) is 22.9 Å². The highest BCUT2D eigenvalue weighted by Crippen LogP contribution is 2.24. The minimum atomic E-state index is -4.74. The van der Waals surface area contributed by atoms with Crippen molar-refractivity contribution in [3.8, 4) is 5.75 Å². The van der Waals surface area contributed by atoms with Crippen LogP contribution in [0.3, 0.4) is 0 Å². The minimum Gasteiger partial charge on any atom is -0.406 e. The van der Waals surface area contributed by atoms with Crippen LogP contribution >= 0.6 is 0 Å². The highest BCUT2D eigenvalue weighted by Gasteiger charge is 2.31. The van der Waals surface area contributed by atoms with E-state index in [4.69, 9.17) is 5.73 Å². The van der Waals surface area contributed by atoms with Crippen molar-refractivity contribution in [2.24, 2.45) is 12.8 Å². The number of ether oxygens (including phenoxy) is 1. The number of aromatic nitrogens is 2. The average molecular weight is 518 g/mol. The Hall–Kier alpha value is -3.57. The van der Waals surface area contributed by atoms with Gasteiger partial charge in [0, 0.05) is 51.5 Å². The first-order chi connectivity index (χ1) is 17.5. The molecule has 2 heterocycles. The lowest BCUT2D eigenvalue weighted by Crippen LogP contribution is -2.51. The van der Waals surface area contributed by atoms with Crippen LogP contribution in [0.15, 0.2) is 64.2 Å². The monoisotopic (exact) mass is 517 g/mol. The third kappa shape index (κ3) is 6.23. The second kappa shape index (κ2) is 10.8. The van der Waals surface area contributed by atoms with Gasteiger partial charge in [0.05, 0.1) is 6.54 Å². The van der Waals surface area contributed by atoms with Gasteiger partial charge in [-0.2, -0.15) is 0 Å². The molecule has 0 spiro atoms. The van der Waals surface area contributed by atoms with Gasteiger partial charge in [-0.15, -0.1) is 13.2 Å². The molecule has 1 fully saturated rings. The van der Waals surface area contributed by atoms with Gasteiger partial charge in [-0.05, 0) is 30.2 Å². The van der Waals surface area contributed by atoms with Crippen LogP contribution in [0.4, 0.5) is 18.9 Å². The topological polar surface area (TPSA) is 85.7 Å². The van der Waals surface area contributed by atoms with Gasteiger partial charge in [-0.1, -0.05) is 42.5 Å². The number of piperazine rings is 1. The maximum Gasteiger partial charge on any atom is 0.573 e. The summed E-state index contributed by atoms with van der Waals surface area (Å²) in [6, 6.07) is 14.7. The molecule has 198 valence electrons. The van der Waals surface area contributed by atoms with E-state index >= 15 is 0 Å². The summed E-state index contributed by atoms with van der Waals surface area (Å²) in [4.78, 5) is 30.5. The number of anilines is 1. The zero-order valence-corrected chi connectivity index (χ0v) is 20.7. The number of nitrogens with zero attached hydrogens (tertiary/aromatic N) is 4. The number of hydrogen-bond donors (Lipinski definition) is 1. The van der Waals surface area contributed by atoms with E-state index in [0.717, 1.165) is 5.56 Å². The molecule has 0 aliphatic carbocycles. The van der Waals surface area contributed by atoms with Crippen LogP contribution in [-0.4, -0.2) is 46.6 Å². The Labute approximate surface area is 212 Å². The van der Waals surface area contributed by atoms with E-state index in [1.165, 1.54) is 27.3 Å². The normalized spacial score (nSPS) is 15.6. The molecule has 0 amide bonds. The number of alkyl halides is 3. The van der Waals surface area contributed by atoms with Gasteiger partial charge in [-0.25, -0.2) is 4.79 Å². The lowest BCUT2D eigenvalue weighted by molar-refractivity contribution is -0.274. The molecule has 1 aliphatic rings. The average Bonchev–Trinajstić information content (AvgIpc) is 2.86. The summed E-state index contributed by atoms with van der Waals surface area (Å²) >= 11 is 0. The molecule has 1 aromatic heterocycles. The van der Waals surface area contributed by atoms with Gasteiger partial charge < -0.3 is 15.4 Å². The van der Waals surface area contributed by atoms with Gasteiger partial charge in [0.2, 0.25) is 0 Å². The van der Waals surface area contributed by atoms with Crippen molar-refractivity contribution in [1.29, 1.82) is 0 Å². The number of hydrogen-bond acceptors (Lipinski definition) is 6. The van der Waals surface area contributed by atoms with E-state index in [9.17, 15) is 22.8 Å². The Kier molecular flexibility index (Phi) is 7.74. The van der Waals surface area contributed by atoms with E-state index in [0.29, 0.717) is 49.7 Å². The first kappa shape index (κ1) is 26.5. The van der Waals surface area contributed by atoms with Crippen molar-refractivity contribution in [1.82, 2.24) is 14.0 Å². The second-order valence-corrected chi connectivity index (χ2v) is 9.17. The number of halogens is 3. The summed E-state index contributed by atoms with van der Waals surface area (Å²) < 4.78 is 44.3. The van der Waals surface area contributed by atoms with Crippen LogP contribution in [-0.2, 0) is 20.1 Å². The van der Waals surface area contributed by atoms with Gasteiger partial charge in [0.1, 0.15) is 11.4 Å². The molecule has 0 bridgehead atoms. The predicted molar refractivity (Wildman–Crippen MR) is 135 cm³/mol. The molecule has 3 aromatic rings. The van der Waals surface area contributed by atoms with Crippen LogP contribution in [0.2, 0.25) is 0 Å². The summed E-state index contributed by atoms with van der Waals surface area (Å²) in [5, 5.41) is 0. The first-order valence-corrected chi connectivity index (χ1v) is 12.0. The van der Waals surface area contributed by atoms with Crippen molar-refractivity contribution >= 4 is 5.69 Å². The molecule has 11 heteroatoms. The Morgan fingerprint density at radius 1 is 1.00 bits per heavy atom. The molecule has 1 saturated heterocycles. The number of rotatable bonds is 7. The van der Waals surface area contributed by atoms with Crippen molar-refractivity contribution in [3.63, 3.8) is 0 Å².